The first-order valence-electron chi connectivity index (χ1n) is 15.9. The zero-order valence-electron chi connectivity index (χ0n) is 25.3. The second-order valence-electron chi connectivity index (χ2n) is 12.2. The molecule has 7 rings (SSSR count). The van der Waals surface area contributed by atoms with Gasteiger partial charge in [-0.2, -0.15) is 0 Å². The molecule has 4 heterocycles. The molecule has 2 saturated heterocycles. The number of nitrogens with zero attached hydrogens (tertiary/aromatic N) is 3. The van der Waals surface area contributed by atoms with Crippen LogP contribution in [0.5, 0.6) is 11.5 Å². The molecule has 4 aliphatic heterocycles. The number of carbonyl (C=O) groups is 3. The van der Waals surface area contributed by atoms with Crippen LogP contribution in [0.3, 0.4) is 0 Å². The molecule has 44 heavy (non-hydrogen) atoms. The third-order valence-electron chi connectivity index (χ3n) is 9.69. The standard InChI is InChI=1S/C34H39N5O5/c1-43-29-20-27-28(35-22-24-8-4-12-38(24)34(27)42)21-30(29)44-19-5-11-36-13-15-37(16-14-36)17-18-39-32(40)25-9-2-6-23-7-3-10-26(31(23)25)33(39)41/h2-3,6-7,9-10,20-21,24,35H,4-5,8,11-19,22H2,1H3/p+1/t24-/m0/s1. The van der Waals surface area contributed by atoms with Crippen molar-refractivity contribution in [2.45, 2.75) is 25.3 Å². The van der Waals surface area contributed by atoms with Gasteiger partial charge in [0, 0.05) is 74.3 Å². The van der Waals surface area contributed by atoms with Crippen molar-refractivity contribution in [2.24, 2.45) is 0 Å². The molecule has 2 N–H and O–H groups in total. The molecule has 230 valence electrons. The van der Waals surface area contributed by atoms with Crippen molar-refractivity contribution in [1.82, 2.24) is 14.7 Å². The Hall–Kier alpha value is -4.15. The molecule has 3 aromatic carbocycles. The summed E-state index contributed by atoms with van der Waals surface area (Å²) in [6.07, 6.45) is 2.99. The van der Waals surface area contributed by atoms with Crippen molar-refractivity contribution >= 4 is 34.2 Å². The zero-order chi connectivity index (χ0) is 30.2. The molecule has 0 radical (unpaired) electrons. The Bertz CT molecular complexity index is 1550. The van der Waals surface area contributed by atoms with Gasteiger partial charge in [-0.05, 0) is 36.4 Å². The number of benzene rings is 3. The lowest BCUT2D eigenvalue weighted by molar-refractivity contribution is -0.904. The van der Waals surface area contributed by atoms with E-state index in [1.807, 2.05) is 53.4 Å². The van der Waals surface area contributed by atoms with Crippen LogP contribution in [0.1, 0.15) is 50.3 Å². The Labute approximate surface area is 257 Å². The Balaban J connectivity index is 0.877. The van der Waals surface area contributed by atoms with E-state index in [2.05, 4.69) is 10.2 Å². The summed E-state index contributed by atoms with van der Waals surface area (Å²) in [5.41, 5.74) is 2.69. The van der Waals surface area contributed by atoms with Crippen LogP contribution in [-0.2, 0) is 0 Å². The Kier molecular flexibility index (Phi) is 7.86. The highest BCUT2D eigenvalue weighted by Gasteiger charge is 2.35. The summed E-state index contributed by atoms with van der Waals surface area (Å²) in [6.45, 7) is 8.08. The number of quaternary nitrogens is 1. The number of carbonyl (C=O) groups excluding carboxylic acids is 3. The number of ether oxygens (including phenoxy) is 2. The number of piperazine rings is 1. The van der Waals surface area contributed by atoms with E-state index in [0.717, 1.165) is 81.5 Å². The van der Waals surface area contributed by atoms with Gasteiger partial charge in [0.1, 0.15) is 0 Å². The topological polar surface area (TPSA) is 95.9 Å². The fourth-order valence-corrected chi connectivity index (χ4v) is 7.23. The fraction of sp³-hybridized carbons (Fsp3) is 0.441. The summed E-state index contributed by atoms with van der Waals surface area (Å²) >= 11 is 0. The van der Waals surface area contributed by atoms with Gasteiger partial charge < -0.3 is 24.6 Å². The van der Waals surface area contributed by atoms with Crippen LogP contribution in [0.25, 0.3) is 10.8 Å². The molecular formula is C34H40N5O5+. The van der Waals surface area contributed by atoms with Crippen LogP contribution in [0, 0.1) is 0 Å². The molecule has 10 nitrogen and oxygen atoms in total. The molecule has 1 atom stereocenters. The first-order chi connectivity index (χ1) is 21.5. The number of methoxy groups -OCH3 is 1. The molecule has 4 aliphatic rings. The van der Waals surface area contributed by atoms with E-state index in [-0.39, 0.29) is 23.8 Å². The monoisotopic (exact) mass is 598 g/mol. The number of rotatable bonds is 9. The average Bonchev–Trinajstić information content (AvgIpc) is 3.49. The molecule has 0 saturated carbocycles. The highest BCUT2D eigenvalue weighted by Crippen LogP contribution is 2.37. The minimum absolute atomic E-state index is 0.0668. The molecule has 3 aromatic rings. The van der Waals surface area contributed by atoms with Crippen LogP contribution in [0.15, 0.2) is 48.5 Å². The normalized spacial score (nSPS) is 20.4. The zero-order valence-corrected chi connectivity index (χ0v) is 25.3. The van der Waals surface area contributed by atoms with E-state index < -0.39 is 0 Å². The van der Waals surface area contributed by atoms with Crippen molar-refractivity contribution in [2.75, 3.05) is 77.9 Å². The van der Waals surface area contributed by atoms with Gasteiger partial charge in [0.15, 0.2) is 11.5 Å². The van der Waals surface area contributed by atoms with Gasteiger partial charge in [-0.3, -0.25) is 24.2 Å². The van der Waals surface area contributed by atoms with E-state index in [1.54, 1.807) is 7.11 Å². The predicted molar refractivity (Wildman–Crippen MR) is 167 cm³/mol. The highest BCUT2D eigenvalue weighted by molar-refractivity contribution is 6.25. The van der Waals surface area contributed by atoms with Crippen molar-refractivity contribution in [1.29, 1.82) is 0 Å². The Morgan fingerprint density at radius 1 is 0.886 bits per heavy atom. The van der Waals surface area contributed by atoms with Gasteiger partial charge in [0.2, 0.25) is 0 Å². The lowest BCUT2D eigenvalue weighted by atomic mass is 9.94. The van der Waals surface area contributed by atoms with Gasteiger partial charge in [-0.1, -0.05) is 24.3 Å². The lowest BCUT2D eigenvalue weighted by Crippen LogP contribution is -3.14. The van der Waals surface area contributed by atoms with Crippen molar-refractivity contribution in [3.05, 3.63) is 65.2 Å². The highest BCUT2D eigenvalue weighted by atomic mass is 16.5. The molecule has 0 spiro atoms. The minimum Gasteiger partial charge on any atom is -0.493 e. The van der Waals surface area contributed by atoms with Gasteiger partial charge >= 0.3 is 0 Å². The minimum atomic E-state index is -0.197. The molecular weight excluding hydrogens is 558 g/mol. The van der Waals surface area contributed by atoms with Crippen LogP contribution in [-0.4, -0.2) is 111 Å². The number of fused-ring (bicyclic) bond motifs is 2. The molecule has 0 bridgehead atoms. The number of imide groups is 1. The predicted octanol–water partition coefficient (Wildman–Crippen LogP) is 2.14. The lowest BCUT2D eigenvalue weighted by Gasteiger charge is -2.34. The number of hydrogen-bond donors (Lipinski definition) is 2. The largest absolute Gasteiger partial charge is 0.493 e. The molecule has 3 amide bonds. The van der Waals surface area contributed by atoms with Crippen molar-refractivity contribution < 1.29 is 28.8 Å². The number of hydrogen-bond acceptors (Lipinski definition) is 7. The third-order valence-corrected chi connectivity index (χ3v) is 9.69. The quantitative estimate of drug-likeness (QED) is 0.288. The molecule has 10 heteroatoms. The molecule has 0 aliphatic carbocycles. The van der Waals surface area contributed by atoms with Gasteiger partial charge in [0.25, 0.3) is 17.7 Å². The van der Waals surface area contributed by atoms with Gasteiger partial charge in [0.05, 0.1) is 44.6 Å². The van der Waals surface area contributed by atoms with E-state index in [9.17, 15) is 14.4 Å². The van der Waals surface area contributed by atoms with Crippen LogP contribution < -0.4 is 19.7 Å². The third kappa shape index (κ3) is 5.26. The maximum absolute atomic E-state index is 13.2. The first-order valence-corrected chi connectivity index (χ1v) is 15.9. The summed E-state index contributed by atoms with van der Waals surface area (Å²) in [7, 11) is 1.61. The summed E-state index contributed by atoms with van der Waals surface area (Å²) < 4.78 is 11.8. The first kappa shape index (κ1) is 28.6. The second-order valence-corrected chi connectivity index (χ2v) is 12.2. The SMILES string of the molecule is COc1cc2c(cc1OCCC[NH+]1CCN(CCN3C(=O)c4cccc5cccc(c45)C3=O)CC1)NC[C@@H]1CCCN1C2=O. The molecule has 0 aromatic heterocycles. The maximum Gasteiger partial charge on any atom is 0.261 e. The van der Waals surface area contributed by atoms with E-state index in [4.69, 9.17) is 9.47 Å². The molecule has 0 unspecified atom stereocenters. The number of amides is 3. The Morgan fingerprint density at radius 3 is 2.36 bits per heavy atom. The second kappa shape index (κ2) is 12.1. The van der Waals surface area contributed by atoms with Gasteiger partial charge in [-0.15, -0.1) is 0 Å². The summed E-state index contributed by atoms with van der Waals surface area (Å²) in [5, 5.41) is 5.16. The summed E-state index contributed by atoms with van der Waals surface area (Å²) in [5.74, 6) is 0.921. The van der Waals surface area contributed by atoms with Crippen molar-refractivity contribution in [3.63, 3.8) is 0 Å². The number of anilines is 1. The Morgan fingerprint density at radius 2 is 1.64 bits per heavy atom. The average molecular weight is 599 g/mol. The summed E-state index contributed by atoms with van der Waals surface area (Å²) in [4.78, 5) is 46.8. The van der Waals surface area contributed by atoms with Crippen LogP contribution >= 0.6 is 0 Å². The van der Waals surface area contributed by atoms with E-state index in [0.29, 0.717) is 47.9 Å². The van der Waals surface area contributed by atoms with E-state index in [1.165, 1.54) is 9.80 Å². The molecule has 2 fully saturated rings. The van der Waals surface area contributed by atoms with Crippen LogP contribution in [0.2, 0.25) is 0 Å². The van der Waals surface area contributed by atoms with E-state index >= 15 is 0 Å². The number of nitrogens with one attached hydrogen (secondary N) is 2. The summed E-state index contributed by atoms with van der Waals surface area (Å²) in [6, 6.07) is 15.3. The van der Waals surface area contributed by atoms with Gasteiger partial charge in [-0.25, -0.2) is 0 Å². The fourth-order valence-electron chi connectivity index (χ4n) is 7.23. The maximum atomic E-state index is 13.2. The van der Waals surface area contributed by atoms with Crippen LogP contribution in [0.4, 0.5) is 5.69 Å². The van der Waals surface area contributed by atoms with Crippen molar-refractivity contribution in [3.8, 4) is 11.5 Å². The smallest absolute Gasteiger partial charge is 0.261 e.